The van der Waals surface area contributed by atoms with Gasteiger partial charge in [0.05, 0.1) is 4.92 Å². The van der Waals surface area contributed by atoms with Crippen LogP contribution >= 0.6 is 15.9 Å². The summed E-state index contributed by atoms with van der Waals surface area (Å²) in [4.78, 5) is 24.1. The summed E-state index contributed by atoms with van der Waals surface area (Å²) in [7, 11) is 1.64. The number of halogens is 1. The summed E-state index contributed by atoms with van der Waals surface area (Å²) in [5.74, 6) is -0.355. The molecule has 1 aromatic carbocycles. The summed E-state index contributed by atoms with van der Waals surface area (Å²) < 4.78 is 0. The Hall–Kier alpha value is -1.43. The first-order chi connectivity index (χ1) is 8.31. The van der Waals surface area contributed by atoms with E-state index in [1.54, 1.807) is 19.2 Å². The van der Waals surface area contributed by atoms with Crippen molar-refractivity contribution in [2.24, 2.45) is 0 Å². The van der Waals surface area contributed by atoms with Gasteiger partial charge in [-0.15, -0.1) is 0 Å². The molecule has 0 N–H and O–H groups in total. The van der Waals surface area contributed by atoms with E-state index in [-0.39, 0.29) is 17.2 Å². The van der Waals surface area contributed by atoms with Crippen LogP contribution in [0, 0.1) is 10.1 Å². The van der Waals surface area contributed by atoms with Gasteiger partial charge in [-0.25, -0.2) is 0 Å². The normalized spacial score (nSPS) is 11.1. The Morgan fingerprint density at radius 3 is 2.50 bits per heavy atom. The fraction of sp³-hybridized carbons (Fsp3) is 0.417. The molecule has 18 heavy (non-hydrogen) atoms. The molecule has 0 saturated heterocycles. The largest absolute Gasteiger partial charge is 0.336 e. The lowest BCUT2D eigenvalue weighted by atomic mass is 10.0. The van der Waals surface area contributed by atoms with E-state index in [4.69, 9.17) is 0 Å². The molecular formula is C12H15BrN2O3. The molecule has 0 spiro atoms. The number of nitrogens with zero attached hydrogens (tertiary/aromatic N) is 2. The summed E-state index contributed by atoms with van der Waals surface area (Å²) in [6.07, 6.45) is 0. The number of alkyl halides is 1. The van der Waals surface area contributed by atoms with Crippen LogP contribution < -0.4 is 0 Å². The maximum absolute atomic E-state index is 12.3. The Kier molecular flexibility index (Phi) is 4.45. The Morgan fingerprint density at radius 1 is 1.44 bits per heavy atom. The van der Waals surface area contributed by atoms with Crippen molar-refractivity contribution in [1.29, 1.82) is 0 Å². The standard InChI is InChI=1S/C12H15BrN2O3/c1-12(2,8-13)14(3)11(16)9-6-4-5-7-10(9)15(17)18/h4-7H,8H2,1-3H3. The lowest BCUT2D eigenvalue weighted by Crippen LogP contribution is -2.46. The van der Waals surface area contributed by atoms with Crippen LogP contribution in [0.5, 0.6) is 0 Å². The molecule has 0 aliphatic heterocycles. The van der Waals surface area contributed by atoms with Gasteiger partial charge < -0.3 is 4.90 Å². The first kappa shape index (κ1) is 14.6. The summed E-state index contributed by atoms with van der Waals surface area (Å²) in [5, 5.41) is 11.5. The van der Waals surface area contributed by atoms with E-state index in [2.05, 4.69) is 15.9 Å². The van der Waals surface area contributed by atoms with E-state index in [9.17, 15) is 14.9 Å². The minimum absolute atomic E-state index is 0.110. The summed E-state index contributed by atoms with van der Waals surface area (Å²) in [6, 6.07) is 5.98. The molecule has 0 atom stereocenters. The van der Waals surface area contributed by atoms with Crippen LogP contribution in [-0.4, -0.2) is 33.6 Å². The molecule has 0 heterocycles. The van der Waals surface area contributed by atoms with Gasteiger partial charge in [0.1, 0.15) is 5.56 Å². The minimum atomic E-state index is -0.539. The SMILES string of the molecule is CN(C(=O)c1ccccc1[N+](=O)[O-])C(C)(C)CBr. The third kappa shape index (κ3) is 2.87. The second-order valence-corrected chi connectivity index (χ2v) is 5.15. The van der Waals surface area contributed by atoms with Crippen LogP contribution in [0.15, 0.2) is 24.3 Å². The van der Waals surface area contributed by atoms with Crippen LogP contribution in [0.4, 0.5) is 5.69 Å². The number of hydrogen-bond acceptors (Lipinski definition) is 3. The maximum atomic E-state index is 12.3. The molecule has 1 aromatic rings. The van der Waals surface area contributed by atoms with E-state index in [0.717, 1.165) is 0 Å². The van der Waals surface area contributed by atoms with Gasteiger partial charge in [0, 0.05) is 24.0 Å². The molecule has 5 nitrogen and oxygen atoms in total. The molecule has 0 unspecified atom stereocenters. The van der Waals surface area contributed by atoms with Crippen molar-refractivity contribution in [3.05, 3.63) is 39.9 Å². The van der Waals surface area contributed by atoms with Gasteiger partial charge in [-0.05, 0) is 19.9 Å². The predicted molar refractivity (Wildman–Crippen MR) is 73.1 cm³/mol. The lowest BCUT2D eigenvalue weighted by Gasteiger charge is -2.34. The van der Waals surface area contributed by atoms with Gasteiger partial charge in [0.2, 0.25) is 0 Å². The Morgan fingerprint density at radius 2 is 2.00 bits per heavy atom. The highest BCUT2D eigenvalue weighted by molar-refractivity contribution is 9.09. The average molecular weight is 315 g/mol. The Balaban J connectivity index is 3.16. The topological polar surface area (TPSA) is 63.5 Å². The number of carbonyl (C=O) groups excluding carboxylic acids is 1. The molecule has 6 heteroatoms. The molecule has 0 fully saturated rings. The molecular weight excluding hydrogens is 300 g/mol. The number of rotatable bonds is 4. The predicted octanol–water partition coefficient (Wildman–Crippen LogP) is 2.84. The third-order valence-electron chi connectivity index (χ3n) is 2.87. The summed E-state index contributed by atoms with van der Waals surface area (Å²) >= 11 is 3.33. The molecule has 0 radical (unpaired) electrons. The van der Waals surface area contributed by atoms with Crippen molar-refractivity contribution in [3.63, 3.8) is 0 Å². The summed E-state index contributed by atoms with van der Waals surface area (Å²) in [6.45, 7) is 3.77. The quantitative estimate of drug-likeness (QED) is 0.487. The Bertz CT molecular complexity index is 474. The maximum Gasteiger partial charge on any atom is 0.282 e. The van der Waals surface area contributed by atoms with Crippen LogP contribution in [0.3, 0.4) is 0 Å². The number of benzene rings is 1. The van der Waals surface area contributed by atoms with Crippen LogP contribution in [0.1, 0.15) is 24.2 Å². The number of nitro benzene ring substituents is 1. The van der Waals surface area contributed by atoms with Crippen molar-refractivity contribution in [3.8, 4) is 0 Å². The minimum Gasteiger partial charge on any atom is -0.336 e. The van der Waals surface area contributed by atoms with Crippen molar-refractivity contribution in [2.45, 2.75) is 19.4 Å². The Labute approximate surface area is 114 Å². The van der Waals surface area contributed by atoms with Crippen LogP contribution in [-0.2, 0) is 0 Å². The number of hydrogen-bond donors (Lipinski definition) is 0. The average Bonchev–Trinajstić information content (AvgIpc) is 2.36. The number of nitro groups is 1. The second kappa shape index (κ2) is 5.48. The zero-order valence-corrected chi connectivity index (χ0v) is 12.1. The fourth-order valence-electron chi connectivity index (χ4n) is 1.36. The molecule has 0 bridgehead atoms. The molecule has 0 aliphatic carbocycles. The molecule has 1 rings (SSSR count). The van der Waals surface area contributed by atoms with Gasteiger partial charge in [-0.3, -0.25) is 14.9 Å². The molecule has 0 saturated carbocycles. The third-order valence-corrected chi connectivity index (χ3v) is 4.24. The highest BCUT2D eigenvalue weighted by atomic mass is 79.9. The van der Waals surface area contributed by atoms with E-state index < -0.39 is 10.5 Å². The van der Waals surface area contributed by atoms with E-state index in [0.29, 0.717) is 5.33 Å². The fourth-order valence-corrected chi connectivity index (χ4v) is 1.74. The smallest absolute Gasteiger partial charge is 0.282 e. The van der Waals surface area contributed by atoms with Gasteiger partial charge >= 0.3 is 0 Å². The van der Waals surface area contributed by atoms with Crippen molar-refractivity contribution in [2.75, 3.05) is 12.4 Å². The number of carbonyl (C=O) groups is 1. The van der Waals surface area contributed by atoms with E-state index in [1.165, 1.54) is 17.0 Å². The van der Waals surface area contributed by atoms with Crippen LogP contribution in [0.25, 0.3) is 0 Å². The molecule has 0 aromatic heterocycles. The van der Waals surface area contributed by atoms with Gasteiger partial charge in [0.15, 0.2) is 0 Å². The highest BCUT2D eigenvalue weighted by Gasteiger charge is 2.30. The first-order valence-electron chi connectivity index (χ1n) is 5.39. The number of para-hydroxylation sites is 1. The molecule has 1 amide bonds. The first-order valence-corrected chi connectivity index (χ1v) is 6.51. The zero-order valence-electron chi connectivity index (χ0n) is 10.5. The van der Waals surface area contributed by atoms with Crippen molar-refractivity contribution in [1.82, 2.24) is 4.90 Å². The van der Waals surface area contributed by atoms with E-state index in [1.807, 2.05) is 13.8 Å². The molecule has 98 valence electrons. The number of amides is 1. The van der Waals surface area contributed by atoms with Gasteiger partial charge in [0.25, 0.3) is 11.6 Å². The van der Waals surface area contributed by atoms with Gasteiger partial charge in [-0.1, -0.05) is 28.1 Å². The zero-order chi connectivity index (χ0) is 13.9. The van der Waals surface area contributed by atoms with Crippen molar-refractivity contribution < 1.29 is 9.72 Å². The molecule has 0 aliphatic rings. The van der Waals surface area contributed by atoms with Crippen molar-refractivity contribution >= 4 is 27.5 Å². The monoisotopic (exact) mass is 314 g/mol. The summed E-state index contributed by atoms with van der Waals surface area (Å²) in [5.41, 5.74) is -0.473. The van der Waals surface area contributed by atoms with E-state index >= 15 is 0 Å². The lowest BCUT2D eigenvalue weighted by molar-refractivity contribution is -0.385. The highest BCUT2D eigenvalue weighted by Crippen LogP contribution is 2.23. The second-order valence-electron chi connectivity index (χ2n) is 4.58. The van der Waals surface area contributed by atoms with Crippen LogP contribution in [0.2, 0.25) is 0 Å². The van der Waals surface area contributed by atoms with Gasteiger partial charge in [-0.2, -0.15) is 0 Å².